The molecule has 0 radical (unpaired) electrons. The van der Waals surface area contributed by atoms with Crippen LogP contribution in [-0.4, -0.2) is 35.0 Å². The van der Waals surface area contributed by atoms with Crippen molar-refractivity contribution in [1.29, 1.82) is 0 Å². The first-order chi connectivity index (χ1) is 9.06. The maximum Gasteiger partial charge on any atom is 0.328 e. The molecule has 1 amide bonds. The standard InChI is InChI=1S/C15H17NO3/c1-11-7-8-16(10-11)15(19)13-4-2-3-12(9-13)5-6-14(17)18/h2-6,9,11H,7-8,10H2,1H3,(H,17,18). The lowest BCUT2D eigenvalue weighted by atomic mass is 10.1. The second-order valence-electron chi connectivity index (χ2n) is 4.94. The fourth-order valence-corrected chi connectivity index (χ4v) is 2.24. The van der Waals surface area contributed by atoms with E-state index in [1.165, 1.54) is 6.08 Å². The predicted molar refractivity (Wildman–Crippen MR) is 72.8 cm³/mol. The summed E-state index contributed by atoms with van der Waals surface area (Å²) in [5.74, 6) is -0.418. The third-order valence-corrected chi connectivity index (χ3v) is 3.26. The minimum Gasteiger partial charge on any atom is -0.478 e. The van der Waals surface area contributed by atoms with Crippen molar-refractivity contribution in [1.82, 2.24) is 4.90 Å². The number of hydrogen-bond acceptors (Lipinski definition) is 2. The Bertz CT molecular complexity index is 522. The second kappa shape index (κ2) is 5.69. The van der Waals surface area contributed by atoms with Crippen molar-refractivity contribution >= 4 is 18.0 Å². The number of likely N-dealkylation sites (tertiary alicyclic amines) is 1. The van der Waals surface area contributed by atoms with Crippen molar-refractivity contribution in [2.24, 2.45) is 5.92 Å². The molecule has 0 aliphatic carbocycles. The van der Waals surface area contributed by atoms with Gasteiger partial charge in [0.25, 0.3) is 5.91 Å². The molecule has 1 atom stereocenters. The first-order valence-electron chi connectivity index (χ1n) is 6.36. The topological polar surface area (TPSA) is 57.6 Å². The molecule has 0 spiro atoms. The van der Waals surface area contributed by atoms with Crippen LogP contribution in [0.25, 0.3) is 6.08 Å². The number of benzene rings is 1. The van der Waals surface area contributed by atoms with Gasteiger partial charge in [-0.15, -0.1) is 0 Å². The van der Waals surface area contributed by atoms with E-state index < -0.39 is 5.97 Å². The summed E-state index contributed by atoms with van der Waals surface area (Å²) in [4.78, 5) is 24.6. The molecule has 1 N–H and O–H groups in total. The molecule has 0 saturated carbocycles. The predicted octanol–water partition coefficient (Wildman–Crippen LogP) is 2.27. The van der Waals surface area contributed by atoms with E-state index in [2.05, 4.69) is 6.92 Å². The van der Waals surface area contributed by atoms with E-state index in [1.807, 2.05) is 4.90 Å². The number of carboxylic acid groups (broad SMARTS) is 1. The first kappa shape index (κ1) is 13.3. The summed E-state index contributed by atoms with van der Waals surface area (Å²) in [5, 5.41) is 8.59. The van der Waals surface area contributed by atoms with Gasteiger partial charge >= 0.3 is 5.97 Å². The van der Waals surface area contributed by atoms with Crippen molar-refractivity contribution in [3.63, 3.8) is 0 Å². The number of carbonyl (C=O) groups excluding carboxylic acids is 1. The highest BCUT2D eigenvalue weighted by Crippen LogP contribution is 2.18. The third kappa shape index (κ3) is 3.44. The van der Waals surface area contributed by atoms with E-state index in [0.717, 1.165) is 31.1 Å². The van der Waals surface area contributed by atoms with Crippen LogP contribution in [0, 0.1) is 5.92 Å². The van der Waals surface area contributed by atoms with Crippen LogP contribution < -0.4 is 0 Å². The zero-order chi connectivity index (χ0) is 13.8. The molecule has 0 bridgehead atoms. The van der Waals surface area contributed by atoms with Gasteiger partial charge in [0.05, 0.1) is 0 Å². The zero-order valence-electron chi connectivity index (χ0n) is 10.9. The number of amides is 1. The van der Waals surface area contributed by atoms with Gasteiger partial charge in [-0.2, -0.15) is 0 Å². The summed E-state index contributed by atoms with van der Waals surface area (Å²) in [6.45, 7) is 3.74. The molecule has 4 heteroatoms. The number of hydrogen-bond donors (Lipinski definition) is 1. The van der Waals surface area contributed by atoms with Crippen molar-refractivity contribution in [3.8, 4) is 0 Å². The summed E-state index contributed by atoms with van der Waals surface area (Å²) < 4.78 is 0. The summed E-state index contributed by atoms with van der Waals surface area (Å²) in [7, 11) is 0. The number of nitrogens with zero attached hydrogens (tertiary/aromatic N) is 1. The molecule has 1 aliphatic rings. The third-order valence-electron chi connectivity index (χ3n) is 3.26. The molecule has 2 rings (SSSR count). The summed E-state index contributed by atoms with van der Waals surface area (Å²) in [6, 6.07) is 7.05. The molecule has 1 aliphatic heterocycles. The van der Waals surface area contributed by atoms with Gasteiger partial charge < -0.3 is 10.0 Å². The summed E-state index contributed by atoms with van der Waals surface area (Å²) in [5.41, 5.74) is 1.34. The number of carbonyl (C=O) groups is 2. The van der Waals surface area contributed by atoms with Gasteiger partial charge in [-0.25, -0.2) is 4.79 Å². The van der Waals surface area contributed by atoms with Crippen molar-refractivity contribution < 1.29 is 14.7 Å². The van der Waals surface area contributed by atoms with Crippen LogP contribution in [0.15, 0.2) is 30.3 Å². The highest BCUT2D eigenvalue weighted by atomic mass is 16.4. The van der Waals surface area contributed by atoms with Crippen LogP contribution >= 0.6 is 0 Å². The van der Waals surface area contributed by atoms with Crippen molar-refractivity contribution in [2.75, 3.05) is 13.1 Å². The van der Waals surface area contributed by atoms with Crippen LogP contribution in [0.5, 0.6) is 0 Å². The van der Waals surface area contributed by atoms with E-state index in [0.29, 0.717) is 11.5 Å². The van der Waals surface area contributed by atoms with E-state index in [-0.39, 0.29) is 5.91 Å². The fourth-order valence-electron chi connectivity index (χ4n) is 2.24. The van der Waals surface area contributed by atoms with E-state index in [4.69, 9.17) is 5.11 Å². The Balaban J connectivity index is 2.14. The molecule has 19 heavy (non-hydrogen) atoms. The number of aliphatic carboxylic acids is 1. The molecule has 0 aromatic heterocycles. The molecular formula is C15H17NO3. The summed E-state index contributed by atoms with van der Waals surface area (Å²) in [6.07, 6.45) is 3.61. The molecule has 4 nitrogen and oxygen atoms in total. The average Bonchev–Trinajstić information content (AvgIpc) is 2.82. The maximum absolute atomic E-state index is 12.3. The number of rotatable bonds is 3. The van der Waals surface area contributed by atoms with Crippen LogP contribution in [0.2, 0.25) is 0 Å². The molecule has 100 valence electrons. The Kier molecular flexibility index (Phi) is 4.00. The lowest BCUT2D eigenvalue weighted by Crippen LogP contribution is -2.28. The van der Waals surface area contributed by atoms with Gasteiger partial charge in [-0.1, -0.05) is 19.1 Å². The SMILES string of the molecule is CC1CCN(C(=O)c2cccc(C=CC(=O)O)c2)C1. The van der Waals surface area contributed by atoms with Crippen LogP contribution in [0.1, 0.15) is 29.3 Å². The summed E-state index contributed by atoms with van der Waals surface area (Å²) >= 11 is 0. The molecule has 1 aromatic carbocycles. The molecular weight excluding hydrogens is 242 g/mol. The second-order valence-corrected chi connectivity index (χ2v) is 4.94. The Hall–Kier alpha value is -2.10. The zero-order valence-corrected chi connectivity index (χ0v) is 10.9. The lowest BCUT2D eigenvalue weighted by molar-refractivity contribution is -0.131. The van der Waals surface area contributed by atoms with Gasteiger partial charge in [0.1, 0.15) is 0 Å². The Morgan fingerprint density at radius 2 is 2.21 bits per heavy atom. The molecule has 1 heterocycles. The molecule has 1 saturated heterocycles. The van der Waals surface area contributed by atoms with Gasteiger partial charge in [-0.3, -0.25) is 4.79 Å². The average molecular weight is 259 g/mol. The molecule has 1 fully saturated rings. The smallest absolute Gasteiger partial charge is 0.328 e. The van der Waals surface area contributed by atoms with E-state index >= 15 is 0 Å². The first-order valence-corrected chi connectivity index (χ1v) is 6.36. The highest BCUT2D eigenvalue weighted by Gasteiger charge is 2.23. The quantitative estimate of drug-likeness (QED) is 0.847. The van der Waals surface area contributed by atoms with Gasteiger partial charge in [0.2, 0.25) is 0 Å². The van der Waals surface area contributed by atoms with Crippen LogP contribution in [0.4, 0.5) is 0 Å². The van der Waals surface area contributed by atoms with Gasteiger partial charge in [0, 0.05) is 24.7 Å². The maximum atomic E-state index is 12.3. The lowest BCUT2D eigenvalue weighted by Gasteiger charge is -2.16. The Morgan fingerprint density at radius 3 is 2.84 bits per heavy atom. The minimum atomic E-state index is -0.995. The van der Waals surface area contributed by atoms with Crippen LogP contribution in [0.3, 0.4) is 0 Å². The van der Waals surface area contributed by atoms with Gasteiger partial charge in [-0.05, 0) is 36.1 Å². The fraction of sp³-hybridized carbons (Fsp3) is 0.333. The van der Waals surface area contributed by atoms with Crippen molar-refractivity contribution in [3.05, 3.63) is 41.5 Å². The molecule has 1 aromatic rings. The minimum absolute atomic E-state index is 0.0231. The Labute approximate surface area is 112 Å². The highest BCUT2D eigenvalue weighted by molar-refractivity contribution is 5.95. The Morgan fingerprint density at radius 1 is 1.42 bits per heavy atom. The van der Waals surface area contributed by atoms with E-state index in [9.17, 15) is 9.59 Å². The van der Waals surface area contributed by atoms with Gasteiger partial charge in [0.15, 0.2) is 0 Å². The molecule has 1 unspecified atom stereocenters. The normalized spacial score (nSPS) is 19.0. The number of carboxylic acids is 1. The van der Waals surface area contributed by atoms with Crippen LogP contribution in [-0.2, 0) is 4.79 Å². The largest absolute Gasteiger partial charge is 0.478 e. The monoisotopic (exact) mass is 259 g/mol. The van der Waals surface area contributed by atoms with Crippen molar-refractivity contribution in [2.45, 2.75) is 13.3 Å². The van der Waals surface area contributed by atoms with E-state index in [1.54, 1.807) is 24.3 Å².